The first-order chi connectivity index (χ1) is 14.4. The van der Waals surface area contributed by atoms with Gasteiger partial charge in [0.15, 0.2) is 0 Å². The molecule has 0 saturated heterocycles. The molecule has 30 heavy (non-hydrogen) atoms. The molecule has 0 saturated carbocycles. The molecule has 4 rings (SSSR count). The van der Waals surface area contributed by atoms with Gasteiger partial charge in [-0.2, -0.15) is 0 Å². The molecule has 0 amide bonds. The van der Waals surface area contributed by atoms with E-state index >= 15 is 0 Å². The zero-order valence-corrected chi connectivity index (χ0v) is 17.9. The number of pyridine rings is 1. The van der Waals surface area contributed by atoms with Crippen molar-refractivity contribution in [2.24, 2.45) is 0 Å². The number of benzene rings is 2. The topological polar surface area (TPSA) is 72.7 Å². The van der Waals surface area contributed by atoms with Crippen LogP contribution in [0.4, 0.5) is 5.69 Å². The third-order valence-corrected chi connectivity index (χ3v) is 6.22. The number of nitrogens with zero attached hydrogens (tertiary/aromatic N) is 2. The maximum atomic E-state index is 12.9. The number of hydrogen-bond donors (Lipinski definition) is 1. The van der Waals surface area contributed by atoms with E-state index in [1.807, 2.05) is 67.9 Å². The van der Waals surface area contributed by atoms with Crippen molar-refractivity contribution in [1.82, 2.24) is 9.38 Å². The Morgan fingerprint density at radius 3 is 2.53 bits per heavy atom. The van der Waals surface area contributed by atoms with Crippen LogP contribution in [0.2, 0.25) is 0 Å². The smallest absolute Gasteiger partial charge is 0.261 e. The second kappa shape index (κ2) is 7.84. The van der Waals surface area contributed by atoms with Crippen molar-refractivity contribution in [3.63, 3.8) is 0 Å². The van der Waals surface area contributed by atoms with Gasteiger partial charge in [-0.25, -0.2) is 13.4 Å². The van der Waals surface area contributed by atoms with Crippen molar-refractivity contribution >= 4 is 21.4 Å². The minimum absolute atomic E-state index is 0.180. The van der Waals surface area contributed by atoms with Crippen molar-refractivity contribution < 1.29 is 13.2 Å². The Kier molecular flexibility index (Phi) is 5.22. The van der Waals surface area contributed by atoms with Gasteiger partial charge in [0.05, 0.1) is 22.9 Å². The number of anilines is 1. The lowest BCUT2D eigenvalue weighted by atomic mass is 10.1. The fraction of sp³-hybridized carbons (Fsp3) is 0.174. The summed E-state index contributed by atoms with van der Waals surface area (Å²) in [5.41, 5.74) is 4.95. The Labute approximate surface area is 176 Å². The second-order valence-corrected chi connectivity index (χ2v) is 8.82. The molecule has 2 aromatic carbocycles. The van der Waals surface area contributed by atoms with Gasteiger partial charge in [0.2, 0.25) is 0 Å². The summed E-state index contributed by atoms with van der Waals surface area (Å²) in [4.78, 5) is 4.85. The van der Waals surface area contributed by atoms with Crippen molar-refractivity contribution in [3.05, 3.63) is 78.1 Å². The molecule has 154 valence electrons. The van der Waals surface area contributed by atoms with E-state index in [1.165, 1.54) is 12.1 Å². The largest absolute Gasteiger partial charge is 0.494 e. The van der Waals surface area contributed by atoms with E-state index < -0.39 is 10.0 Å². The first-order valence-electron chi connectivity index (χ1n) is 9.68. The molecule has 0 unspecified atom stereocenters. The Morgan fingerprint density at radius 2 is 1.80 bits per heavy atom. The van der Waals surface area contributed by atoms with Crippen LogP contribution in [-0.4, -0.2) is 24.4 Å². The van der Waals surface area contributed by atoms with Crippen LogP contribution in [0.15, 0.2) is 71.9 Å². The van der Waals surface area contributed by atoms with Crippen LogP contribution in [0, 0.1) is 13.8 Å². The van der Waals surface area contributed by atoms with E-state index in [1.54, 1.807) is 12.1 Å². The number of rotatable bonds is 6. The van der Waals surface area contributed by atoms with Gasteiger partial charge in [0.25, 0.3) is 10.0 Å². The van der Waals surface area contributed by atoms with Gasteiger partial charge in [0.1, 0.15) is 11.4 Å². The monoisotopic (exact) mass is 421 g/mol. The van der Waals surface area contributed by atoms with Gasteiger partial charge in [-0.3, -0.25) is 4.72 Å². The fourth-order valence-electron chi connectivity index (χ4n) is 3.20. The molecule has 0 bridgehead atoms. The van der Waals surface area contributed by atoms with E-state index in [0.717, 1.165) is 28.0 Å². The highest BCUT2D eigenvalue weighted by Crippen LogP contribution is 2.27. The van der Waals surface area contributed by atoms with Crippen molar-refractivity contribution in [2.75, 3.05) is 11.3 Å². The van der Waals surface area contributed by atoms with Gasteiger partial charge in [-0.15, -0.1) is 0 Å². The molecule has 0 radical (unpaired) electrons. The summed E-state index contributed by atoms with van der Waals surface area (Å²) >= 11 is 0. The van der Waals surface area contributed by atoms with E-state index in [4.69, 9.17) is 4.74 Å². The minimum Gasteiger partial charge on any atom is -0.494 e. The second-order valence-electron chi connectivity index (χ2n) is 7.14. The maximum absolute atomic E-state index is 12.9. The number of aryl methyl sites for hydroxylation is 2. The zero-order valence-electron chi connectivity index (χ0n) is 17.1. The summed E-state index contributed by atoms with van der Waals surface area (Å²) in [6.45, 7) is 6.30. The molecule has 0 aliphatic heterocycles. The molecule has 0 aliphatic rings. The van der Waals surface area contributed by atoms with E-state index in [0.29, 0.717) is 18.0 Å². The Morgan fingerprint density at radius 1 is 1.03 bits per heavy atom. The van der Waals surface area contributed by atoms with Gasteiger partial charge in [-0.1, -0.05) is 12.1 Å². The van der Waals surface area contributed by atoms with Crippen LogP contribution in [0.5, 0.6) is 5.75 Å². The third-order valence-electron chi connectivity index (χ3n) is 4.84. The van der Waals surface area contributed by atoms with Crippen molar-refractivity contribution in [3.8, 4) is 17.0 Å². The molecule has 0 atom stereocenters. The number of imidazole rings is 1. The zero-order chi connectivity index (χ0) is 21.3. The summed E-state index contributed by atoms with van der Waals surface area (Å²) in [6.07, 6.45) is 3.90. The fourth-order valence-corrected chi connectivity index (χ4v) is 4.32. The molecule has 0 spiro atoms. The van der Waals surface area contributed by atoms with Gasteiger partial charge < -0.3 is 9.14 Å². The van der Waals surface area contributed by atoms with E-state index in [-0.39, 0.29) is 4.90 Å². The number of aromatic nitrogens is 2. The lowest BCUT2D eigenvalue weighted by Crippen LogP contribution is -2.13. The summed E-state index contributed by atoms with van der Waals surface area (Å²) < 4.78 is 35.8. The Balaban J connectivity index is 1.65. The number of hydrogen-bond acceptors (Lipinski definition) is 4. The lowest BCUT2D eigenvalue weighted by Gasteiger charge is -2.12. The quantitative estimate of drug-likeness (QED) is 0.485. The van der Waals surface area contributed by atoms with Gasteiger partial charge in [-0.05, 0) is 74.4 Å². The van der Waals surface area contributed by atoms with Crippen LogP contribution in [0.1, 0.15) is 18.1 Å². The highest BCUT2D eigenvalue weighted by atomic mass is 32.2. The summed E-state index contributed by atoms with van der Waals surface area (Å²) in [5.74, 6) is 0.636. The minimum atomic E-state index is -3.73. The standard InChI is InChI=1S/C23H23N3O3S/c1-4-29-19-7-9-20(10-8-19)30(27,28)25-21-14-18(6-5-17(21)3)22-15-26-12-11-16(2)13-23(26)24-22/h5-15,25H,4H2,1-3H3. The highest BCUT2D eigenvalue weighted by molar-refractivity contribution is 7.92. The van der Waals surface area contributed by atoms with Crippen LogP contribution >= 0.6 is 0 Å². The number of nitrogens with one attached hydrogen (secondary N) is 1. The van der Waals surface area contributed by atoms with Crippen LogP contribution in [-0.2, 0) is 10.0 Å². The van der Waals surface area contributed by atoms with E-state index in [2.05, 4.69) is 9.71 Å². The molecular weight excluding hydrogens is 398 g/mol. The van der Waals surface area contributed by atoms with Crippen LogP contribution < -0.4 is 9.46 Å². The first kappa shape index (κ1) is 20.0. The van der Waals surface area contributed by atoms with Crippen LogP contribution in [0.25, 0.3) is 16.9 Å². The molecule has 4 aromatic rings. The van der Waals surface area contributed by atoms with Crippen molar-refractivity contribution in [1.29, 1.82) is 0 Å². The molecule has 6 nitrogen and oxygen atoms in total. The van der Waals surface area contributed by atoms with Gasteiger partial charge in [0, 0.05) is 18.0 Å². The van der Waals surface area contributed by atoms with Crippen LogP contribution in [0.3, 0.4) is 0 Å². The average molecular weight is 422 g/mol. The number of ether oxygens (including phenoxy) is 1. The summed E-state index contributed by atoms with van der Waals surface area (Å²) in [6, 6.07) is 16.1. The molecular formula is C23H23N3O3S. The molecule has 7 heteroatoms. The molecule has 1 N–H and O–H groups in total. The molecule has 0 aliphatic carbocycles. The predicted octanol–water partition coefficient (Wildman–Crippen LogP) is 4.82. The Bertz CT molecular complexity index is 1310. The van der Waals surface area contributed by atoms with Crippen molar-refractivity contribution in [2.45, 2.75) is 25.7 Å². The summed E-state index contributed by atoms with van der Waals surface area (Å²) in [7, 11) is -3.73. The number of fused-ring (bicyclic) bond motifs is 1. The van der Waals surface area contributed by atoms with Gasteiger partial charge >= 0.3 is 0 Å². The summed E-state index contributed by atoms with van der Waals surface area (Å²) in [5, 5.41) is 0. The third kappa shape index (κ3) is 4.02. The average Bonchev–Trinajstić information content (AvgIpc) is 3.13. The SMILES string of the molecule is CCOc1ccc(S(=O)(=O)Nc2cc(-c3cn4ccc(C)cc4n3)ccc2C)cc1. The Hall–Kier alpha value is -3.32. The molecule has 0 fully saturated rings. The van der Waals surface area contributed by atoms with E-state index in [9.17, 15) is 8.42 Å². The first-order valence-corrected chi connectivity index (χ1v) is 11.2. The lowest BCUT2D eigenvalue weighted by molar-refractivity contribution is 0.340. The normalized spacial score (nSPS) is 11.6. The maximum Gasteiger partial charge on any atom is 0.261 e. The molecule has 2 aromatic heterocycles. The molecule has 2 heterocycles. The number of sulfonamides is 1. The highest BCUT2D eigenvalue weighted by Gasteiger charge is 2.16. The predicted molar refractivity (Wildman–Crippen MR) is 119 cm³/mol.